The Morgan fingerprint density at radius 1 is 1.27 bits per heavy atom. The van der Waals surface area contributed by atoms with Gasteiger partial charge in [-0.1, -0.05) is 30.3 Å². The molecule has 1 aromatic carbocycles. The number of aliphatic hydroxyl groups is 1. The summed E-state index contributed by atoms with van der Waals surface area (Å²) >= 11 is 0. The van der Waals surface area contributed by atoms with E-state index in [0.717, 1.165) is 11.5 Å². The van der Waals surface area contributed by atoms with Crippen molar-refractivity contribution < 1.29 is 5.11 Å². The minimum Gasteiger partial charge on any atom is -0.395 e. The summed E-state index contributed by atoms with van der Waals surface area (Å²) in [7, 11) is 1.92. The fourth-order valence-electron chi connectivity index (χ4n) is 2.42. The highest BCUT2D eigenvalue weighted by Crippen LogP contribution is 2.28. The normalized spacial score (nSPS) is 16.8. The molecule has 0 bridgehead atoms. The number of fused-ring (bicyclic) bond motifs is 1. The van der Waals surface area contributed by atoms with Gasteiger partial charge in [0.15, 0.2) is 5.82 Å². The molecule has 0 radical (unpaired) electrons. The highest BCUT2D eigenvalue weighted by atomic mass is 16.3. The third kappa shape index (κ3) is 3.01. The first-order valence-corrected chi connectivity index (χ1v) is 7.25. The number of hydrogen-bond acceptors (Lipinski definition) is 6. The standard InChI is InChI=1S/C15H20N6O/c1-20-10-17-13-14(20)18-11-21(19-7-8-22)15(13)16-9-12-5-3-2-4-6-12/h2-6,10-11,15-16,19,22H,7-9H2,1H3. The Bertz CT molecular complexity index is 639. The minimum atomic E-state index is -0.138. The van der Waals surface area contributed by atoms with Gasteiger partial charge in [-0.2, -0.15) is 0 Å². The minimum absolute atomic E-state index is 0.0603. The van der Waals surface area contributed by atoms with Crippen molar-refractivity contribution in [3.63, 3.8) is 0 Å². The van der Waals surface area contributed by atoms with Gasteiger partial charge in [-0.25, -0.2) is 15.4 Å². The Hall–Kier alpha value is -2.22. The molecule has 7 heteroatoms. The first kappa shape index (κ1) is 14.7. The number of aryl methyl sites for hydroxylation is 1. The summed E-state index contributed by atoms with van der Waals surface area (Å²) in [6.45, 7) is 1.23. The molecule has 22 heavy (non-hydrogen) atoms. The lowest BCUT2D eigenvalue weighted by molar-refractivity contribution is 0.171. The number of hydrazine groups is 1. The van der Waals surface area contributed by atoms with Crippen molar-refractivity contribution in [3.8, 4) is 0 Å². The van der Waals surface area contributed by atoms with Crippen molar-refractivity contribution >= 4 is 12.2 Å². The lowest BCUT2D eigenvalue weighted by Crippen LogP contribution is -2.48. The van der Waals surface area contributed by atoms with E-state index in [1.807, 2.05) is 34.8 Å². The molecule has 2 aromatic rings. The van der Waals surface area contributed by atoms with Crippen LogP contribution in [-0.4, -0.2) is 39.2 Å². The number of imidazole rings is 1. The highest BCUT2D eigenvalue weighted by molar-refractivity contribution is 5.64. The predicted octanol–water partition coefficient (Wildman–Crippen LogP) is 0.681. The maximum Gasteiger partial charge on any atom is 0.160 e. The van der Waals surface area contributed by atoms with E-state index >= 15 is 0 Å². The lowest BCUT2D eigenvalue weighted by Gasteiger charge is -2.32. The SMILES string of the molecule is Cn1cnc2c1N=CN(NCCO)C2NCc1ccccc1. The van der Waals surface area contributed by atoms with Crippen LogP contribution in [0.25, 0.3) is 0 Å². The molecule has 0 fully saturated rings. The van der Waals surface area contributed by atoms with Gasteiger partial charge in [0.2, 0.25) is 0 Å². The molecule has 3 N–H and O–H groups in total. The summed E-state index contributed by atoms with van der Waals surface area (Å²) in [4.78, 5) is 8.86. The summed E-state index contributed by atoms with van der Waals surface area (Å²) in [5.74, 6) is 0.840. The summed E-state index contributed by atoms with van der Waals surface area (Å²) in [5.41, 5.74) is 5.20. The van der Waals surface area contributed by atoms with Gasteiger partial charge in [0.1, 0.15) is 18.2 Å². The number of nitrogens with one attached hydrogen (secondary N) is 2. The van der Waals surface area contributed by atoms with Gasteiger partial charge >= 0.3 is 0 Å². The van der Waals surface area contributed by atoms with Gasteiger partial charge in [0.05, 0.1) is 12.9 Å². The van der Waals surface area contributed by atoms with Gasteiger partial charge in [-0.15, -0.1) is 0 Å². The van der Waals surface area contributed by atoms with Crippen LogP contribution in [0.1, 0.15) is 17.4 Å². The summed E-state index contributed by atoms with van der Waals surface area (Å²) in [6.07, 6.45) is 3.34. The third-order valence-corrected chi connectivity index (χ3v) is 3.52. The Kier molecular flexibility index (Phi) is 4.47. The van der Waals surface area contributed by atoms with E-state index in [9.17, 15) is 0 Å². The van der Waals surface area contributed by atoms with Crippen LogP contribution in [-0.2, 0) is 13.6 Å². The summed E-state index contributed by atoms with van der Waals surface area (Å²) < 4.78 is 1.90. The number of rotatable bonds is 6. The average molecular weight is 300 g/mol. The molecule has 0 saturated heterocycles. The zero-order valence-corrected chi connectivity index (χ0v) is 12.5. The van der Waals surface area contributed by atoms with E-state index in [0.29, 0.717) is 13.1 Å². The topological polar surface area (TPSA) is 77.7 Å². The van der Waals surface area contributed by atoms with Crippen LogP contribution in [0.2, 0.25) is 0 Å². The third-order valence-electron chi connectivity index (χ3n) is 3.52. The maximum absolute atomic E-state index is 9.02. The van der Waals surface area contributed by atoms with Crippen LogP contribution < -0.4 is 10.7 Å². The van der Waals surface area contributed by atoms with Crippen LogP contribution >= 0.6 is 0 Å². The number of hydrogen-bond donors (Lipinski definition) is 3. The van der Waals surface area contributed by atoms with Crippen LogP contribution in [0.4, 0.5) is 5.82 Å². The second kappa shape index (κ2) is 6.69. The maximum atomic E-state index is 9.02. The van der Waals surface area contributed by atoms with Gasteiger partial charge in [-0.05, 0) is 5.56 Å². The van der Waals surface area contributed by atoms with Gasteiger partial charge in [0, 0.05) is 20.1 Å². The van der Waals surface area contributed by atoms with Crippen molar-refractivity contribution in [2.24, 2.45) is 12.0 Å². The summed E-state index contributed by atoms with van der Waals surface area (Å²) in [6, 6.07) is 10.2. The van der Waals surface area contributed by atoms with Crippen LogP contribution in [0.15, 0.2) is 41.7 Å². The summed E-state index contributed by atoms with van der Waals surface area (Å²) in [5, 5.41) is 14.3. The van der Waals surface area contributed by atoms with E-state index in [-0.39, 0.29) is 12.8 Å². The lowest BCUT2D eigenvalue weighted by atomic mass is 10.2. The number of aromatic nitrogens is 2. The highest BCUT2D eigenvalue weighted by Gasteiger charge is 2.27. The monoisotopic (exact) mass is 300 g/mol. The Morgan fingerprint density at radius 3 is 2.86 bits per heavy atom. The smallest absolute Gasteiger partial charge is 0.160 e. The quantitative estimate of drug-likeness (QED) is 0.731. The number of nitrogens with zero attached hydrogens (tertiary/aromatic N) is 4. The van der Waals surface area contributed by atoms with E-state index in [1.54, 1.807) is 12.7 Å². The van der Waals surface area contributed by atoms with Crippen LogP contribution in [0.3, 0.4) is 0 Å². The molecule has 1 aliphatic rings. The number of benzene rings is 1. The van der Waals surface area contributed by atoms with E-state index in [1.165, 1.54) is 5.56 Å². The van der Waals surface area contributed by atoms with Crippen molar-refractivity contribution in [2.75, 3.05) is 13.2 Å². The molecule has 1 aliphatic heterocycles. The fourth-order valence-corrected chi connectivity index (χ4v) is 2.42. The molecule has 1 unspecified atom stereocenters. The first-order chi connectivity index (χ1) is 10.8. The first-order valence-electron chi connectivity index (χ1n) is 7.25. The van der Waals surface area contributed by atoms with E-state index < -0.39 is 0 Å². The van der Waals surface area contributed by atoms with Crippen molar-refractivity contribution in [1.29, 1.82) is 0 Å². The van der Waals surface area contributed by atoms with Gasteiger partial charge < -0.3 is 9.67 Å². The molecular formula is C15H20N6O. The molecule has 0 spiro atoms. The zero-order chi connectivity index (χ0) is 15.4. The van der Waals surface area contributed by atoms with Crippen molar-refractivity contribution in [3.05, 3.63) is 47.9 Å². The largest absolute Gasteiger partial charge is 0.395 e. The molecule has 1 aromatic heterocycles. The molecule has 0 aliphatic carbocycles. The Balaban J connectivity index is 1.78. The van der Waals surface area contributed by atoms with Crippen molar-refractivity contribution in [2.45, 2.75) is 12.7 Å². The molecule has 0 amide bonds. The Labute approximate surface area is 129 Å². The van der Waals surface area contributed by atoms with Gasteiger partial charge in [-0.3, -0.25) is 10.3 Å². The van der Waals surface area contributed by atoms with E-state index in [2.05, 4.69) is 32.9 Å². The van der Waals surface area contributed by atoms with E-state index in [4.69, 9.17) is 5.11 Å². The molecule has 7 nitrogen and oxygen atoms in total. The second-order valence-corrected chi connectivity index (χ2v) is 5.12. The van der Waals surface area contributed by atoms with Gasteiger partial charge in [0.25, 0.3) is 0 Å². The molecule has 1 atom stereocenters. The molecule has 0 saturated carbocycles. The Morgan fingerprint density at radius 2 is 2.09 bits per heavy atom. The number of aliphatic hydroxyl groups excluding tert-OH is 1. The molecule has 116 valence electrons. The van der Waals surface area contributed by atoms with Crippen molar-refractivity contribution in [1.82, 2.24) is 25.3 Å². The zero-order valence-electron chi connectivity index (χ0n) is 12.5. The molecule has 3 rings (SSSR count). The molecule has 2 heterocycles. The fraction of sp³-hybridized carbons (Fsp3) is 0.333. The number of aliphatic imine (C=N–C) groups is 1. The van der Waals surface area contributed by atoms with Crippen LogP contribution in [0, 0.1) is 0 Å². The average Bonchev–Trinajstić information content (AvgIpc) is 2.93. The second-order valence-electron chi connectivity index (χ2n) is 5.12. The van der Waals surface area contributed by atoms with Crippen LogP contribution in [0.5, 0.6) is 0 Å². The predicted molar refractivity (Wildman–Crippen MR) is 84.3 cm³/mol. The molecular weight excluding hydrogens is 280 g/mol.